The van der Waals surface area contributed by atoms with Crippen LogP contribution < -0.4 is 5.32 Å². The number of aryl methyl sites for hydroxylation is 1. The van der Waals surface area contributed by atoms with Gasteiger partial charge in [0.2, 0.25) is 5.82 Å². The number of furan rings is 1. The Bertz CT molecular complexity index is 1330. The Hall–Kier alpha value is -4.20. The number of nitrogens with zero attached hydrogens (tertiary/aromatic N) is 4. The molecule has 0 bridgehead atoms. The van der Waals surface area contributed by atoms with Crippen molar-refractivity contribution < 1.29 is 13.7 Å². The third-order valence-corrected chi connectivity index (χ3v) is 4.76. The second-order valence-electron chi connectivity index (χ2n) is 6.67. The van der Waals surface area contributed by atoms with E-state index < -0.39 is 0 Å². The highest BCUT2D eigenvalue weighted by atomic mass is 16.5. The Morgan fingerprint density at radius 2 is 2.03 bits per heavy atom. The van der Waals surface area contributed by atoms with Crippen LogP contribution in [0, 0.1) is 0 Å². The third-order valence-electron chi connectivity index (χ3n) is 4.76. The van der Waals surface area contributed by atoms with E-state index in [1.807, 2.05) is 30.6 Å². The summed E-state index contributed by atoms with van der Waals surface area (Å²) in [4.78, 5) is 21.1. The number of amides is 1. The maximum Gasteiger partial charge on any atom is 0.291 e. The Kier molecular flexibility index (Phi) is 4.36. The first-order valence-corrected chi connectivity index (χ1v) is 9.45. The number of nitrogens with one attached hydrogen (secondary N) is 1. The average molecular weight is 399 g/mol. The van der Waals surface area contributed by atoms with Crippen LogP contribution >= 0.6 is 0 Å². The van der Waals surface area contributed by atoms with Crippen LogP contribution in [0.5, 0.6) is 0 Å². The van der Waals surface area contributed by atoms with E-state index in [0.29, 0.717) is 23.0 Å². The monoisotopic (exact) mass is 399 g/mol. The molecule has 3 aromatic heterocycles. The number of carbonyl (C=O) groups is 1. The maximum atomic E-state index is 12.2. The van der Waals surface area contributed by atoms with Crippen molar-refractivity contribution in [2.45, 2.75) is 13.5 Å². The molecular weight excluding hydrogens is 382 g/mol. The van der Waals surface area contributed by atoms with Crippen LogP contribution in [0.4, 0.5) is 5.69 Å². The van der Waals surface area contributed by atoms with Gasteiger partial charge in [0.05, 0.1) is 23.6 Å². The first-order chi connectivity index (χ1) is 14.7. The molecule has 30 heavy (non-hydrogen) atoms. The van der Waals surface area contributed by atoms with Gasteiger partial charge in [-0.2, -0.15) is 4.98 Å². The number of hydrogen-bond acceptors (Lipinski definition) is 6. The average Bonchev–Trinajstić information content (AvgIpc) is 3.54. The van der Waals surface area contributed by atoms with Crippen molar-refractivity contribution in [3.05, 3.63) is 72.9 Å². The first kappa shape index (κ1) is 17.9. The highest BCUT2D eigenvalue weighted by Gasteiger charge is 2.14. The smallest absolute Gasteiger partial charge is 0.291 e. The van der Waals surface area contributed by atoms with Crippen molar-refractivity contribution in [1.82, 2.24) is 19.7 Å². The van der Waals surface area contributed by atoms with E-state index >= 15 is 0 Å². The molecule has 0 aliphatic carbocycles. The zero-order valence-electron chi connectivity index (χ0n) is 16.1. The molecule has 0 saturated heterocycles. The number of benzene rings is 2. The fourth-order valence-electron chi connectivity index (χ4n) is 3.24. The number of carbonyl (C=O) groups excluding carboxylic acids is 1. The predicted molar refractivity (Wildman–Crippen MR) is 111 cm³/mol. The topological polar surface area (TPSA) is 99.0 Å². The molecule has 0 radical (unpaired) electrons. The number of imidazole rings is 1. The van der Waals surface area contributed by atoms with Crippen molar-refractivity contribution in [1.29, 1.82) is 0 Å². The molecule has 0 saturated carbocycles. The van der Waals surface area contributed by atoms with E-state index in [1.54, 1.807) is 30.3 Å². The Labute approximate surface area is 171 Å². The van der Waals surface area contributed by atoms with Gasteiger partial charge in [0.25, 0.3) is 11.8 Å². The second kappa shape index (κ2) is 7.32. The number of rotatable bonds is 5. The lowest BCUT2D eigenvalue weighted by Crippen LogP contribution is -2.10. The summed E-state index contributed by atoms with van der Waals surface area (Å²) < 4.78 is 12.6. The van der Waals surface area contributed by atoms with Crippen molar-refractivity contribution in [3.8, 4) is 22.8 Å². The number of hydrogen-bond donors (Lipinski definition) is 1. The molecule has 0 spiro atoms. The van der Waals surface area contributed by atoms with E-state index in [1.165, 1.54) is 6.26 Å². The molecule has 5 rings (SSSR count). The quantitative estimate of drug-likeness (QED) is 0.463. The van der Waals surface area contributed by atoms with Crippen LogP contribution in [0.3, 0.4) is 0 Å². The Morgan fingerprint density at radius 3 is 2.87 bits per heavy atom. The molecule has 3 heterocycles. The fraction of sp³-hybridized carbons (Fsp3) is 0.0909. The summed E-state index contributed by atoms with van der Waals surface area (Å²) in [5.41, 5.74) is 4.05. The normalized spacial score (nSPS) is 11.1. The Balaban J connectivity index is 1.41. The van der Waals surface area contributed by atoms with Gasteiger partial charge in [-0.05, 0) is 55.5 Å². The molecule has 8 heteroatoms. The van der Waals surface area contributed by atoms with Crippen LogP contribution in [0.25, 0.3) is 33.9 Å². The van der Waals surface area contributed by atoms with Gasteiger partial charge in [-0.25, -0.2) is 4.98 Å². The van der Waals surface area contributed by atoms with Gasteiger partial charge in [0.15, 0.2) is 5.76 Å². The molecule has 0 aliphatic heterocycles. The van der Waals surface area contributed by atoms with Crippen molar-refractivity contribution in [3.63, 3.8) is 0 Å². The van der Waals surface area contributed by atoms with Gasteiger partial charge in [-0.15, -0.1) is 0 Å². The van der Waals surface area contributed by atoms with E-state index in [0.717, 1.165) is 23.1 Å². The van der Waals surface area contributed by atoms with Crippen LogP contribution in [0.2, 0.25) is 0 Å². The van der Waals surface area contributed by atoms with Gasteiger partial charge in [0, 0.05) is 23.4 Å². The highest BCUT2D eigenvalue weighted by Crippen LogP contribution is 2.26. The minimum absolute atomic E-state index is 0.237. The SMILES string of the molecule is CCn1cnc2cc(-c3noc(-c4cccc(NC(=O)c5ccco5)c4)n3)ccc21. The molecule has 1 N–H and O–H groups in total. The maximum absolute atomic E-state index is 12.2. The van der Waals surface area contributed by atoms with Gasteiger partial charge < -0.3 is 18.8 Å². The minimum Gasteiger partial charge on any atom is -0.459 e. The van der Waals surface area contributed by atoms with Crippen molar-refractivity contribution in [2.24, 2.45) is 0 Å². The minimum atomic E-state index is -0.330. The lowest BCUT2D eigenvalue weighted by atomic mass is 10.1. The van der Waals surface area contributed by atoms with E-state index in [9.17, 15) is 4.79 Å². The van der Waals surface area contributed by atoms with Crippen LogP contribution in [0.15, 0.2) is 76.1 Å². The van der Waals surface area contributed by atoms with Gasteiger partial charge >= 0.3 is 0 Å². The summed E-state index contributed by atoms with van der Waals surface area (Å²) in [5.74, 6) is 0.742. The molecule has 0 unspecified atom stereocenters. The summed E-state index contributed by atoms with van der Waals surface area (Å²) in [5, 5.41) is 6.89. The highest BCUT2D eigenvalue weighted by molar-refractivity contribution is 6.02. The third kappa shape index (κ3) is 3.24. The van der Waals surface area contributed by atoms with E-state index in [4.69, 9.17) is 8.94 Å². The Morgan fingerprint density at radius 1 is 1.10 bits per heavy atom. The summed E-state index contributed by atoms with van der Waals surface area (Å²) in [7, 11) is 0. The molecule has 0 aliphatic rings. The van der Waals surface area contributed by atoms with E-state index in [2.05, 4.69) is 31.9 Å². The standard InChI is InChI=1S/C22H17N5O3/c1-2-27-13-23-17-12-14(8-9-18(17)27)20-25-22(30-26-20)15-5-3-6-16(11-15)24-21(28)19-7-4-10-29-19/h3-13H,2H2,1H3,(H,24,28). The predicted octanol–water partition coefficient (Wildman–Crippen LogP) is 4.62. The number of fused-ring (bicyclic) bond motifs is 1. The van der Waals surface area contributed by atoms with E-state index in [-0.39, 0.29) is 11.7 Å². The first-order valence-electron chi connectivity index (χ1n) is 9.45. The summed E-state index contributed by atoms with van der Waals surface area (Å²) in [6, 6.07) is 16.3. The summed E-state index contributed by atoms with van der Waals surface area (Å²) in [6.07, 6.45) is 3.27. The summed E-state index contributed by atoms with van der Waals surface area (Å²) in [6.45, 7) is 2.93. The zero-order valence-corrected chi connectivity index (χ0v) is 16.1. The molecule has 1 amide bonds. The summed E-state index contributed by atoms with van der Waals surface area (Å²) >= 11 is 0. The fourth-order valence-corrected chi connectivity index (χ4v) is 3.24. The molecule has 8 nitrogen and oxygen atoms in total. The van der Waals surface area contributed by atoms with Gasteiger partial charge in [-0.1, -0.05) is 11.2 Å². The lowest BCUT2D eigenvalue weighted by molar-refractivity contribution is 0.0996. The van der Waals surface area contributed by atoms with Crippen LogP contribution in [0.1, 0.15) is 17.5 Å². The largest absolute Gasteiger partial charge is 0.459 e. The second-order valence-corrected chi connectivity index (χ2v) is 6.67. The van der Waals surface area contributed by atoms with Crippen molar-refractivity contribution >= 4 is 22.6 Å². The zero-order chi connectivity index (χ0) is 20.5. The molecule has 0 fully saturated rings. The lowest BCUT2D eigenvalue weighted by Gasteiger charge is -2.04. The van der Waals surface area contributed by atoms with Crippen LogP contribution in [-0.2, 0) is 6.54 Å². The van der Waals surface area contributed by atoms with Crippen molar-refractivity contribution in [2.75, 3.05) is 5.32 Å². The molecule has 5 aromatic rings. The molecular formula is C22H17N5O3. The molecule has 0 atom stereocenters. The van der Waals surface area contributed by atoms with Gasteiger partial charge in [-0.3, -0.25) is 4.79 Å². The number of aromatic nitrogens is 4. The molecule has 2 aromatic carbocycles. The van der Waals surface area contributed by atoms with Gasteiger partial charge in [0.1, 0.15) is 0 Å². The van der Waals surface area contributed by atoms with Crippen LogP contribution in [-0.4, -0.2) is 25.6 Å². The number of anilines is 1. The molecule has 148 valence electrons.